The van der Waals surface area contributed by atoms with Gasteiger partial charge in [-0.3, -0.25) is 15.0 Å². The largest absolute Gasteiger partial charge is 0.433 e. The van der Waals surface area contributed by atoms with Gasteiger partial charge in [-0.2, -0.15) is 13.2 Å². The number of H-pyrrole nitrogens is 2. The molecule has 0 bridgehead atoms. The summed E-state index contributed by atoms with van der Waals surface area (Å²) < 4.78 is 36.0. The Labute approximate surface area is 69.5 Å². The molecule has 2 N–H and O–H groups in total. The quantitative estimate of drug-likeness (QED) is 0.663. The topological polar surface area (TPSA) is 48.6 Å². The minimum atomic E-state index is -4.57. The standard InChI is InChI=1S/C5H4ClF3N2O/c6-1-2-3(5(7,8)9)10-11-4(2)12/h1H2,(H2,10,11,12). The van der Waals surface area contributed by atoms with Gasteiger partial charge in [0.15, 0.2) is 0 Å². The van der Waals surface area contributed by atoms with Gasteiger partial charge >= 0.3 is 6.18 Å². The zero-order valence-electron chi connectivity index (χ0n) is 5.63. The van der Waals surface area contributed by atoms with Gasteiger partial charge < -0.3 is 0 Å². The van der Waals surface area contributed by atoms with Crippen LogP contribution in [0.3, 0.4) is 0 Å². The van der Waals surface area contributed by atoms with Crippen molar-refractivity contribution in [1.29, 1.82) is 0 Å². The van der Waals surface area contributed by atoms with Crippen LogP contribution < -0.4 is 5.56 Å². The molecule has 0 aromatic carbocycles. The number of nitrogens with one attached hydrogen (secondary N) is 2. The Morgan fingerprint density at radius 2 is 1.92 bits per heavy atom. The van der Waals surface area contributed by atoms with E-state index in [4.69, 9.17) is 11.6 Å². The number of halogens is 4. The minimum absolute atomic E-state index is 0.465. The molecule has 7 heteroatoms. The normalized spacial score (nSPS) is 12.0. The van der Waals surface area contributed by atoms with Gasteiger partial charge in [0.05, 0.1) is 11.4 Å². The third-order valence-electron chi connectivity index (χ3n) is 1.29. The van der Waals surface area contributed by atoms with E-state index in [2.05, 4.69) is 0 Å². The first-order valence-corrected chi connectivity index (χ1v) is 3.43. The van der Waals surface area contributed by atoms with Crippen LogP contribution in [0.2, 0.25) is 0 Å². The maximum absolute atomic E-state index is 12.0. The number of aromatic nitrogens is 2. The number of hydrogen-bond acceptors (Lipinski definition) is 1. The summed E-state index contributed by atoms with van der Waals surface area (Å²) in [5.74, 6) is -0.465. The van der Waals surface area contributed by atoms with E-state index in [0.717, 1.165) is 0 Å². The lowest BCUT2D eigenvalue weighted by Crippen LogP contribution is -2.11. The predicted molar refractivity (Wildman–Crippen MR) is 36.0 cm³/mol. The van der Waals surface area contributed by atoms with Gasteiger partial charge in [-0.1, -0.05) is 0 Å². The first-order valence-electron chi connectivity index (χ1n) is 2.89. The molecule has 1 aromatic heterocycles. The zero-order chi connectivity index (χ0) is 9.35. The van der Waals surface area contributed by atoms with Crippen LogP contribution in [0.1, 0.15) is 11.3 Å². The molecule has 0 amide bonds. The Bertz CT molecular complexity index is 326. The van der Waals surface area contributed by atoms with E-state index in [1.54, 1.807) is 5.10 Å². The molecule has 0 spiro atoms. The van der Waals surface area contributed by atoms with Gasteiger partial charge in [-0.05, 0) is 0 Å². The van der Waals surface area contributed by atoms with Crippen molar-refractivity contribution in [1.82, 2.24) is 10.2 Å². The molecular formula is C5H4ClF3N2O. The van der Waals surface area contributed by atoms with Gasteiger partial charge in [-0.25, -0.2) is 0 Å². The summed E-state index contributed by atoms with van der Waals surface area (Å²) in [6.45, 7) is 0. The van der Waals surface area contributed by atoms with Crippen LogP contribution in [0.4, 0.5) is 13.2 Å². The molecule has 0 saturated heterocycles. The van der Waals surface area contributed by atoms with E-state index in [1.165, 1.54) is 0 Å². The smallest absolute Gasteiger partial charge is 0.293 e. The molecule has 12 heavy (non-hydrogen) atoms. The Morgan fingerprint density at radius 1 is 1.33 bits per heavy atom. The summed E-state index contributed by atoms with van der Waals surface area (Å²) in [6.07, 6.45) is -4.57. The first-order chi connectivity index (χ1) is 5.46. The highest BCUT2D eigenvalue weighted by molar-refractivity contribution is 6.17. The van der Waals surface area contributed by atoms with E-state index in [0.29, 0.717) is 0 Å². The highest BCUT2D eigenvalue weighted by Gasteiger charge is 2.36. The van der Waals surface area contributed by atoms with Crippen LogP contribution in [-0.4, -0.2) is 10.2 Å². The van der Waals surface area contributed by atoms with Gasteiger partial charge in [0.1, 0.15) is 5.69 Å². The Hall–Kier alpha value is -0.910. The van der Waals surface area contributed by atoms with Crippen molar-refractivity contribution < 1.29 is 13.2 Å². The second kappa shape index (κ2) is 2.85. The molecule has 1 rings (SSSR count). The molecule has 0 aliphatic rings. The van der Waals surface area contributed by atoms with Crippen molar-refractivity contribution in [3.05, 3.63) is 21.6 Å². The third kappa shape index (κ3) is 1.47. The molecule has 3 nitrogen and oxygen atoms in total. The highest BCUT2D eigenvalue weighted by Crippen LogP contribution is 2.29. The SMILES string of the molecule is O=c1[nH][nH]c(C(F)(F)F)c1CCl. The van der Waals surface area contributed by atoms with Crippen molar-refractivity contribution in [3.8, 4) is 0 Å². The fraction of sp³-hybridized carbons (Fsp3) is 0.400. The fourth-order valence-corrected chi connectivity index (χ4v) is 1.01. The van der Waals surface area contributed by atoms with E-state index in [9.17, 15) is 18.0 Å². The lowest BCUT2D eigenvalue weighted by Gasteiger charge is -2.03. The number of aromatic amines is 2. The predicted octanol–water partition coefficient (Wildman–Crippen LogP) is 1.46. The summed E-state index contributed by atoms with van der Waals surface area (Å²) in [4.78, 5) is 10.6. The maximum atomic E-state index is 12.0. The van der Waals surface area contributed by atoms with Crippen molar-refractivity contribution in [2.24, 2.45) is 0 Å². The summed E-state index contributed by atoms with van der Waals surface area (Å²) in [6, 6.07) is 0. The van der Waals surface area contributed by atoms with Gasteiger partial charge in [0, 0.05) is 0 Å². The van der Waals surface area contributed by atoms with Gasteiger partial charge in [0.25, 0.3) is 5.56 Å². The zero-order valence-corrected chi connectivity index (χ0v) is 6.38. The second-order valence-electron chi connectivity index (χ2n) is 2.06. The number of hydrogen-bond donors (Lipinski definition) is 2. The molecule has 0 aliphatic heterocycles. The molecule has 0 atom stereocenters. The molecule has 68 valence electrons. The Balaban J connectivity index is 3.26. The molecule has 0 fully saturated rings. The van der Waals surface area contributed by atoms with E-state index < -0.39 is 28.9 Å². The van der Waals surface area contributed by atoms with Crippen LogP contribution in [0.25, 0.3) is 0 Å². The van der Waals surface area contributed by atoms with Gasteiger partial charge in [0.2, 0.25) is 0 Å². The summed E-state index contributed by atoms with van der Waals surface area (Å²) in [5.41, 5.74) is -2.43. The Kier molecular flexibility index (Phi) is 2.18. The first kappa shape index (κ1) is 9.18. The monoisotopic (exact) mass is 200 g/mol. The minimum Gasteiger partial charge on any atom is -0.293 e. The molecule has 0 aliphatic carbocycles. The van der Waals surface area contributed by atoms with Crippen LogP contribution in [0.5, 0.6) is 0 Å². The van der Waals surface area contributed by atoms with Crippen LogP contribution >= 0.6 is 11.6 Å². The lowest BCUT2D eigenvalue weighted by molar-refractivity contribution is -0.141. The van der Waals surface area contributed by atoms with Crippen molar-refractivity contribution in [3.63, 3.8) is 0 Å². The van der Waals surface area contributed by atoms with Crippen LogP contribution in [-0.2, 0) is 12.1 Å². The average Bonchev–Trinajstić information content (AvgIpc) is 2.29. The van der Waals surface area contributed by atoms with E-state index >= 15 is 0 Å². The fourth-order valence-electron chi connectivity index (χ4n) is 0.753. The third-order valence-corrected chi connectivity index (χ3v) is 1.56. The Morgan fingerprint density at radius 3 is 2.25 bits per heavy atom. The summed E-state index contributed by atoms with van der Waals surface area (Å²) in [7, 11) is 0. The average molecular weight is 201 g/mol. The van der Waals surface area contributed by atoms with Gasteiger partial charge in [-0.15, -0.1) is 11.6 Å². The van der Waals surface area contributed by atoms with Crippen LogP contribution in [0, 0.1) is 0 Å². The molecule has 0 unspecified atom stereocenters. The van der Waals surface area contributed by atoms with Crippen molar-refractivity contribution in [2.75, 3.05) is 0 Å². The molecule has 1 heterocycles. The molecule has 0 saturated carbocycles. The van der Waals surface area contributed by atoms with Crippen LogP contribution in [0.15, 0.2) is 4.79 Å². The molecular weight excluding hydrogens is 197 g/mol. The number of alkyl halides is 4. The van der Waals surface area contributed by atoms with Crippen molar-refractivity contribution in [2.45, 2.75) is 12.1 Å². The highest BCUT2D eigenvalue weighted by atomic mass is 35.5. The van der Waals surface area contributed by atoms with E-state index in [-0.39, 0.29) is 0 Å². The summed E-state index contributed by atoms with van der Waals surface area (Å²) >= 11 is 5.14. The maximum Gasteiger partial charge on any atom is 0.433 e. The van der Waals surface area contributed by atoms with E-state index in [1.807, 2.05) is 5.10 Å². The lowest BCUT2D eigenvalue weighted by atomic mass is 10.3. The molecule has 1 aromatic rings. The molecule has 0 radical (unpaired) electrons. The number of rotatable bonds is 1. The van der Waals surface area contributed by atoms with Crippen molar-refractivity contribution >= 4 is 11.6 Å². The second-order valence-corrected chi connectivity index (χ2v) is 2.33. The summed E-state index contributed by atoms with van der Waals surface area (Å²) in [5, 5.41) is 3.53.